The number of rotatable bonds is 3. The fourth-order valence-electron chi connectivity index (χ4n) is 2.29. The van der Waals surface area contributed by atoms with Gasteiger partial charge in [-0.3, -0.25) is 4.79 Å². The van der Waals surface area contributed by atoms with Crippen molar-refractivity contribution in [2.45, 2.75) is 38.9 Å². The van der Waals surface area contributed by atoms with Crippen molar-refractivity contribution < 1.29 is 9.53 Å². The summed E-state index contributed by atoms with van der Waals surface area (Å²) < 4.78 is 5.59. The van der Waals surface area contributed by atoms with Crippen LogP contribution in [-0.4, -0.2) is 24.7 Å². The molecule has 18 heavy (non-hydrogen) atoms. The highest BCUT2D eigenvalue weighted by molar-refractivity contribution is 5.95. The molecule has 4 heteroatoms. The second-order valence-corrected chi connectivity index (χ2v) is 4.82. The number of nitrogens with one attached hydrogen (secondary N) is 1. The van der Waals surface area contributed by atoms with Gasteiger partial charge in [-0.05, 0) is 37.8 Å². The largest absolute Gasteiger partial charge is 0.364 e. The Kier molecular flexibility index (Phi) is 3.99. The third-order valence-electron chi connectivity index (χ3n) is 3.39. The maximum absolute atomic E-state index is 12.1. The van der Waals surface area contributed by atoms with E-state index in [1.54, 1.807) is 0 Å². The lowest BCUT2D eigenvalue weighted by atomic mass is 10.1. The first-order chi connectivity index (χ1) is 8.61. The molecule has 2 atom stereocenters. The van der Waals surface area contributed by atoms with Gasteiger partial charge in [0.25, 0.3) is 5.91 Å². The summed E-state index contributed by atoms with van der Waals surface area (Å²) in [6, 6.07) is 5.96. The quantitative estimate of drug-likeness (QED) is 0.856. The Morgan fingerprint density at radius 2 is 2.06 bits per heavy atom. The van der Waals surface area contributed by atoms with Gasteiger partial charge in [-0.1, -0.05) is 18.2 Å². The Hall–Kier alpha value is -1.39. The van der Waals surface area contributed by atoms with Crippen LogP contribution in [-0.2, 0) is 9.53 Å². The van der Waals surface area contributed by atoms with Crippen molar-refractivity contribution in [2.24, 2.45) is 5.73 Å². The molecule has 1 aromatic carbocycles. The number of ether oxygens (including phenoxy) is 1. The normalized spacial score (nSPS) is 23.1. The van der Waals surface area contributed by atoms with Crippen LogP contribution in [0.2, 0.25) is 0 Å². The predicted octanol–water partition coefficient (Wildman–Crippen LogP) is 1.75. The monoisotopic (exact) mass is 248 g/mol. The van der Waals surface area contributed by atoms with Crippen LogP contribution < -0.4 is 11.1 Å². The van der Waals surface area contributed by atoms with Crippen molar-refractivity contribution in [2.75, 3.05) is 11.9 Å². The average Bonchev–Trinajstić information content (AvgIpc) is 2.82. The summed E-state index contributed by atoms with van der Waals surface area (Å²) in [5.74, 6) is -0.0663. The molecule has 0 aromatic heterocycles. The van der Waals surface area contributed by atoms with Gasteiger partial charge in [0, 0.05) is 12.2 Å². The third kappa shape index (κ3) is 2.71. The van der Waals surface area contributed by atoms with Gasteiger partial charge in [0.2, 0.25) is 0 Å². The highest BCUT2D eigenvalue weighted by atomic mass is 16.5. The zero-order chi connectivity index (χ0) is 13.1. The molecular formula is C14H20N2O2. The molecule has 1 aromatic rings. The van der Waals surface area contributed by atoms with Gasteiger partial charge in [-0.2, -0.15) is 0 Å². The Labute approximate surface area is 108 Å². The minimum Gasteiger partial charge on any atom is -0.364 e. The molecule has 0 radical (unpaired) electrons. The number of anilines is 1. The Morgan fingerprint density at radius 1 is 1.39 bits per heavy atom. The summed E-state index contributed by atoms with van der Waals surface area (Å²) in [5.41, 5.74) is 8.56. The number of amides is 1. The van der Waals surface area contributed by atoms with Crippen molar-refractivity contribution in [3.05, 3.63) is 29.3 Å². The smallest absolute Gasteiger partial charge is 0.253 e. The second-order valence-electron chi connectivity index (χ2n) is 4.82. The number of nitrogens with two attached hydrogens (primary N) is 1. The molecule has 2 unspecified atom stereocenters. The first-order valence-corrected chi connectivity index (χ1v) is 6.34. The minimum absolute atomic E-state index is 0.0266. The third-order valence-corrected chi connectivity index (χ3v) is 3.39. The lowest BCUT2D eigenvalue weighted by Gasteiger charge is -2.15. The van der Waals surface area contributed by atoms with Gasteiger partial charge in [-0.25, -0.2) is 0 Å². The summed E-state index contributed by atoms with van der Waals surface area (Å²) >= 11 is 0. The van der Waals surface area contributed by atoms with E-state index in [9.17, 15) is 4.79 Å². The Bertz CT molecular complexity index is 425. The fraction of sp³-hybridized carbons (Fsp3) is 0.500. The molecule has 1 saturated heterocycles. The molecule has 0 aliphatic carbocycles. The number of hydrogen-bond acceptors (Lipinski definition) is 3. The van der Waals surface area contributed by atoms with Crippen LogP contribution in [0, 0.1) is 13.8 Å². The van der Waals surface area contributed by atoms with Crippen LogP contribution in [0.1, 0.15) is 24.0 Å². The van der Waals surface area contributed by atoms with Crippen LogP contribution in [0.3, 0.4) is 0 Å². The van der Waals surface area contributed by atoms with E-state index < -0.39 is 0 Å². The van der Waals surface area contributed by atoms with Crippen molar-refractivity contribution in [1.82, 2.24) is 0 Å². The van der Waals surface area contributed by atoms with Gasteiger partial charge in [0.05, 0.1) is 6.10 Å². The fourth-order valence-corrected chi connectivity index (χ4v) is 2.29. The van der Waals surface area contributed by atoms with E-state index in [0.29, 0.717) is 6.54 Å². The van der Waals surface area contributed by atoms with E-state index in [1.165, 1.54) is 0 Å². The number of carbonyl (C=O) groups excluding carboxylic acids is 1. The lowest BCUT2D eigenvalue weighted by molar-refractivity contribution is -0.126. The predicted molar refractivity (Wildman–Crippen MR) is 71.5 cm³/mol. The average molecular weight is 248 g/mol. The lowest BCUT2D eigenvalue weighted by Crippen LogP contribution is -2.30. The molecule has 1 aliphatic rings. The number of carbonyl (C=O) groups is 1. The van der Waals surface area contributed by atoms with Gasteiger partial charge in [-0.15, -0.1) is 0 Å². The molecule has 0 saturated carbocycles. The van der Waals surface area contributed by atoms with Crippen LogP contribution >= 0.6 is 0 Å². The zero-order valence-electron chi connectivity index (χ0n) is 10.9. The molecule has 1 aliphatic heterocycles. The van der Waals surface area contributed by atoms with E-state index in [-0.39, 0.29) is 18.1 Å². The summed E-state index contributed by atoms with van der Waals surface area (Å²) in [4.78, 5) is 12.1. The van der Waals surface area contributed by atoms with Gasteiger partial charge < -0.3 is 15.8 Å². The van der Waals surface area contributed by atoms with Gasteiger partial charge in [0.15, 0.2) is 0 Å². The van der Waals surface area contributed by atoms with E-state index >= 15 is 0 Å². The summed E-state index contributed by atoms with van der Waals surface area (Å²) in [6.45, 7) is 4.45. The van der Waals surface area contributed by atoms with E-state index in [4.69, 9.17) is 10.5 Å². The molecule has 0 bridgehead atoms. The number of para-hydroxylation sites is 1. The van der Waals surface area contributed by atoms with Crippen LogP contribution in [0.5, 0.6) is 0 Å². The Morgan fingerprint density at radius 3 is 2.61 bits per heavy atom. The van der Waals surface area contributed by atoms with Crippen LogP contribution in [0.25, 0.3) is 0 Å². The van der Waals surface area contributed by atoms with Crippen molar-refractivity contribution in [1.29, 1.82) is 0 Å². The number of benzene rings is 1. The molecule has 98 valence electrons. The second kappa shape index (κ2) is 5.50. The molecule has 4 nitrogen and oxygen atoms in total. The summed E-state index contributed by atoms with van der Waals surface area (Å²) in [5, 5.41) is 2.96. The summed E-state index contributed by atoms with van der Waals surface area (Å²) in [7, 11) is 0. The van der Waals surface area contributed by atoms with E-state index in [1.807, 2.05) is 32.0 Å². The van der Waals surface area contributed by atoms with Gasteiger partial charge in [0.1, 0.15) is 6.10 Å². The molecule has 0 spiro atoms. The highest BCUT2D eigenvalue weighted by Crippen LogP contribution is 2.23. The van der Waals surface area contributed by atoms with Crippen molar-refractivity contribution in [3.8, 4) is 0 Å². The minimum atomic E-state index is -0.363. The molecular weight excluding hydrogens is 228 g/mol. The molecule has 1 heterocycles. The molecule has 3 N–H and O–H groups in total. The molecule has 2 rings (SSSR count). The van der Waals surface area contributed by atoms with E-state index in [0.717, 1.165) is 29.7 Å². The number of aryl methyl sites for hydroxylation is 2. The van der Waals surface area contributed by atoms with E-state index in [2.05, 4.69) is 5.32 Å². The van der Waals surface area contributed by atoms with Crippen molar-refractivity contribution in [3.63, 3.8) is 0 Å². The standard InChI is InChI=1S/C14H20N2O2/c1-9-4-3-5-10(2)13(9)16-14(17)12-7-6-11(8-15)18-12/h3-5,11-12H,6-8,15H2,1-2H3,(H,16,17). The maximum atomic E-state index is 12.1. The zero-order valence-corrected chi connectivity index (χ0v) is 10.9. The first kappa shape index (κ1) is 13.1. The SMILES string of the molecule is Cc1cccc(C)c1NC(=O)C1CCC(CN)O1. The highest BCUT2D eigenvalue weighted by Gasteiger charge is 2.30. The van der Waals surface area contributed by atoms with Crippen molar-refractivity contribution >= 4 is 11.6 Å². The topological polar surface area (TPSA) is 64.4 Å². The van der Waals surface area contributed by atoms with Crippen LogP contribution in [0.15, 0.2) is 18.2 Å². The summed E-state index contributed by atoms with van der Waals surface area (Å²) in [6.07, 6.45) is 1.27. The first-order valence-electron chi connectivity index (χ1n) is 6.34. The molecule has 1 amide bonds. The van der Waals surface area contributed by atoms with Gasteiger partial charge >= 0.3 is 0 Å². The Balaban J connectivity index is 2.04. The van der Waals surface area contributed by atoms with Crippen LogP contribution in [0.4, 0.5) is 5.69 Å². The molecule has 1 fully saturated rings. The maximum Gasteiger partial charge on any atom is 0.253 e. The number of hydrogen-bond donors (Lipinski definition) is 2.